The van der Waals surface area contributed by atoms with Crippen LogP contribution in [-0.2, 0) is 16.9 Å². The van der Waals surface area contributed by atoms with Crippen molar-refractivity contribution in [3.05, 3.63) is 45.2 Å². The first-order valence-corrected chi connectivity index (χ1v) is 12.0. The van der Waals surface area contributed by atoms with Gasteiger partial charge in [-0.05, 0) is 71.9 Å². The molecule has 1 saturated heterocycles. The third-order valence-electron chi connectivity index (χ3n) is 6.41. The van der Waals surface area contributed by atoms with E-state index in [9.17, 15) is 14.9 Å². The highest BCUT2D eigenvalue weighted by Gasteiger charge is 2.38. The van der Waals surface area contributed by atoms with Crippen LogP contribution in [0, 0.1) is 20.8 Å². The number of aromatic nitrogens is 2. The van der Waals surface area contributed by atoms with E-state index in [-0.39, 0.29) is 23.7 Å². The molecule has 32 heavy (non-hydrogen) atoms. The summed E-state index contributed by atoms with van der Waals surface area (Å²) in [5.74, 6) is -0.165. The lowest BCUT2D eigenvalue weighted by atomic mass is 9.84. The summed E-state index contributed by atoms with van der Waals surface area (Å²) in [4.78, 5) is 26.7. The fraction of sp³-hybridized carbons (Fsp3) is 0.478. The Morgan fingerprint density at radius 1 is 1.25 bits per heavy atom. The molecule has 0 bridgehead atoms. The fourth-order valence-electron chi connectivity index (χ4n) is 4.27. The van der Waals surface area contributed by atoms with Crippen molar-refractivity contribution >= 4 is 40.2 Å². The highest BCUT2D eigenvalue weighted by atomic mass is 127. The minimum Gasteiger partial charge on any atom is -0.365 e. The summed E-state index contributed by atoms with van der Waals surface area (Å²) in [6.07, 6.45) is 5.88. The van der Waals surface area contributed by atoms with E-state index in [0.717, 1.165) is 45.3 Å². The van der Waals surface area contributed by atoms with Crippen molar-refractivity contribution in [2.75, 3.05) is 18.4 Å². The molecular formula is C23H27IN6O2. The number of rotatable bonds is 8. The van der Waals surface area contributed by atoms with Crippen LogP contribution in [0.25, 0.3) is 0 Å². The van der Waals surface area contributed by atoms with Gasteiger partial charge in [0.2, 0.25) is 5.91 Å². The van der Waals surface area contributed by atoms with Gasteiger partial charge in [0.15, 0.2) is 5.82 Å². The Hall–Kier alpha value is -2.45. The number of hydrogen-bond donors (Lipinski definition) is 2. The summed E-state index contributed by atoms with van der Waals surface area (Å²) < 4.78 is 2.91. The highest BCUT2D eigenvalue weighted by molar-refractivity contribution is 14.1. The molecular weight excluding hydrogens is 519 g/mol. The zero-order valence-electron chi connectivity index (χ0n) is 17.9. The van der Waals surface area contributed by atoms with Crippen LogP contribution in [0.4, 0.5) is 5.82 Å². The van der Waals surface area contributed by atoms with Gasteiger partial charge in [0, 0.05) is 35.8 Å². The van der Waals surface area contributed by atoms with Gasteiger partial charge in [-0.15, -0.1) is 0 Å². The number of amides is 2. The average molecular weight is 546 g/mol. The first-order valence-electron chi connectivity index (χ1n) is 10.9. The second-order valence-corrected chi connectivity index (χ2v) is 10.1. The standard InChI is InChI=1S/C23H27IN6O2/c24-18-5-3-17(4-6-18)14-29-11-8-23(7-10-25,9-12-29)30-15-19(21(26)32)22(28-30)27-20(31)13-16-1-2-16/h3-6,15-16H,1-2,7-9,11-14H2,(H2,26,32)(H,27,28,31). The lowest BCUT2D eigenvalue weighted by Crippen LogP contribution is -2.46. The van der Waals surface area contributed by atoms with Crippen LogP contribution in [0.15, 0.2) is 30.5 Å². The molecule has 0 unspecified atom stereocenters. The van der Waals surface area contributed by atoms with Crippen LogP contribution in [0.1, 0.15) is 54.4 Å². The summed E-state index contributed by atoms with van der Waals surface area (Å²) >= 11 is 2.30. The highest BCUT2D eigenvalue weighted by Crippen LogP contribution is 2.36. The molecule has 0 atom stereocenters. The van der Waals surface area contributed by atoms with Gasteiger partial charge in [-0.1, -0.05) is 12.1 Å². The fourth-order valence-corrected chi connectivity index (χ4v) is 4.63. The number of likely N-dealkylation sites (tertiary alicyclic amines) is 1. The molecule has 2 aromatic rings. The van der Waals surface area contributed by atoms with E-state index in [0.29, 0.717) is 12.3 Å². The Balaban J connectivity index is 1.49. The Labute approximate surface area is 201 Å². The zero-order chi connectivity index (χ0) is 22.7. The molecule has 1 aromatic carbocycles. The largest absolute Gasteiger partial charge is 0.365 e. The zero-order valence-corrected chi connectivity index (χ0v) is 20.0. The van der Waals surface area contributed by atoms with Crippen LogP contribution in [-0.4, -0.2) is 39.6 Å². The maximum absolute atomic E-state index is 12.3. The third kappa shape index (κ3) is 5.30. The van der Waals surface area contributed by atoms with Crippen LogP contribution < -0.4 is 11.1 Å². The number of carbonyl (C=O) groups excluding carboxylic acids is 2. The maximum Gasteiger partial charge on any atom is 0.254 e. The number of hydrogen-bond acceptors (Lipinski definition) is 5. The minimum absolute atomic E-state index is 0.151. The maximum atomic E-state index is 12.3. The first-order chi connectivity index (χ1) is 15.4. The molecule has 2 fully saturated rings. The Morgan fingerprint density at radius 2 is 1.94 bits per heavy atom. The quantitative estimate of drug-likeness (QED) is 0.494. The number of nitrogens with two attached hydrogens (primary N) is 1. The Morgan fingerprint density at radius 3 is 2.53 bits per heavy atom. The van der Waals surface area contributed by atoms with Crippen molar-refractivity contribution in [3.63, 3.8) is 0 Å². The van der Waals surface area contributed by atoms with Gasteiger partial charge in [-0.25, -0.2) is 0 Å². The number of nitriles is 1. The molecule has 1 saturated carbocycles. The summed E-state index contributed by atoms with van der Waals surface area (Å²) in [6.45, 7) is 2.47. The minimum atomic E-state index is -0.638. The number of halogens is 1. The van der Waals surface area contributed by atoms with Crippen LogP contribution in [0.3, 0.4) is 0 Å². The molecule has 2 aliphatic rings. The molecule has 2 heterocycles. The molecule has 4 rings (SSSR count). The average Bonchev–Trinajstić information content (AvgIpc) is 3.47. The number of benzene rings is 1. The van der Waals surface area contributed by atoms with Gasteiger partial charge in [0.05, 0.1) is 18.0 Å². The predicted octanol–water partition coefficient (Wildman–Crippen LogP) is 3.23. The first kappa shape index (κ1) is 22.7. The Kier molecular flexibility index (Phi) is 6.81. The van der Waals surface area contributed by atoms with Gasteiger partial charge in [0.25, 0.3) is 5.91 Å². The normalized spacial score (nSPS) is 18.1. The number of anilines is 1. The second-order valence-electron chi connectivity index (χ2n) is 8.86. The van der Waals surface area contributed by atoms with E-state index in [2.05, 4.69) is 68.2 Å². The molecule has 9 heteroatoms. The van der Waals surface area contributed by atoms with Crippen LogP contribution in [0.2, 0.25) is 0 Å². The number of nitrogens with zero attached hydrogens (tertiary/aromatic N) is 4. The summed E-state index contributed by atoms with van der Waals surface area (Å²) in [5, 5.41) is 16.9. The SMILES string of the molecule is N#CCC1(n2cc(C(N)=O)c(NC(=O)CC3CC3)n2)CCN(Cc2ccc(I)cc2)CC1. The third-order valence-corrected chi connectivity index (χ3v) is 7.13. The van der Waals surface area contributed by atoms with Crippen molar-refractivity contribution in [1.82, 2.24) is 14.7 Å². The summed E-state index contributed by atoms with van der Waals surface area (Å²) in [6, 6.07) is 10.8. The lowest BCUT2D eigenvalue weighted by Gasteiger charge is -2.40. The molecule has 2 amide bonds. The van der Waals surface area contributed by atoms with E-state index < -0.39 is 11.4 Å². The van der Waals surface area contributed by atoms with Crippen molar-refractivity contribution in [2.24, 2.45) is 11.7 Å². The van der Waals surface area contributed by atoms with E-state index >= 15 is 0 Å². The van der Waals surface area contributed by atoms with Crippen molar-refractivity contribution in [3.8, 4) is 6.07 Å². The summed E-state index contributed by atoms with van der Waals surface area (Å²) in [7, 11) is 0. The van der Waals surface area contributed by atoms with E-state index in [1.807, 2.05) is 0 Å². The number of primary amides is 1. The second kappa shape index (κ2) is 9.58. The van der Waals surface area contributed by atoms with E-state index in [1.165, 1.54) is 9.13 Å². The molecule has 1 aliphatic heterocycles. The van der Waals surface area contributed by atoms with E-state index in [1.54, 1.807) is 10.9 Å². The summed E-state index contributed by atoms with van der Waals surface area (Å²) in [5.41, 5.74) is 6.48. The molecule has 1 aliphatic carbocycles. The molecule has 0 radical (unpaired) electrons. The van der Waals surface area contributed by atoms with Gasteiger partial charge < -0.3 is 11.1 Å². The molecule has 8 nitrogen and oxygen atoms in total. The molecule has 1 aromatic heterocycles. The lowest BCUT2D eigenvalue weighted by molar-refractivity contribution is -0.116. The van der Waals surface area contributed by atoms with Gasteiger partial charge >= 0.3 is 0 Å². The topological polar surface area (TPSA) is 117 Å². The van der Waals surface area contributed by atoms with Crippen LogP contribution in [0.5, 0.6) is 0 Å². The van der Waals surface area contributed by atoms with E-state index in [4.69, 9.17) is 5.73 Å². The van der Waals surface area contributed by atoms with Gasteiger partial charge in [-0.2, -0.15) is 10.4 Å². The smallest absolute Gasteiger partial charge is 0.254 e. The predicted molar refractivity (Wildman–Crippen MR) is 129 cm³/mol. The van der Waals surface area contributed by atoms with Crippen molar-refractivity contribution < 1.29 is 9.59 Å². The number of carbonyl (C=O) groups is 2. The monoisotopic (exact) mass is 546 g/mol. The molecule has 3 N–H and O–H groups in total. The number of piperidine rings is 1. The van der Waals surface area contributed by atoms with Gasteiger partial charge in [0.1, 0.15) is 5.56 Å². The Bertz CT molecular complexity index is 1030. The van der Waals surface area contributed by atoms with Crippen LogP contribution >= 0.6 is 22.6 Å². The van der Waals surface area contributed by atoms with Crippen molar-refractivity contribution in [2.45, 2.75) is 50.6 Å². The molecule has 168 valence electrons. The van der Waals surface area contributed by atoms with Crippen molar-refractivity contribution in [1.29, 1.82) is 5.26 Å². The molecule has 0 spiro atoms. The number of nitrogens with one attached hydrogen (secondary N) is 1. The van der Waals surface area contributed by atoms with Gasteiger partial charge in [-0.3, -0.25) is 19.2 Å².